The normalized spacial score (nSPS) is 20.1. The van der Waals surface area contributed by atoms with Crippen LogP contribution >= 0.6 is 0 Å². The number of aryl methyl sites for hydroxylation is 1. The fourth-order valence-electron chi connectivity index (χ4n) is 2.44. The van der Waals surface area contributed by atoms with Gasteiger partial charge in [0.15, 0.2) is 0 Å². The molecule has 0 unspecified atom stereocenters. The van der Waals surface area contributed by atoms with E-state index in [9.17, 15) is 14.4 Å². The molecule has 2 fully saturated rings. The third-order valence-corrected chi connectivity index (χ3v) is 3.80. The number of urea groups is 1. The van der Waals surface area contributed by atoms with Gasteiger partial charge < -0.3 is 4.74 Å². The molecule has 1 heterocycles. The van der Waals surface area contributed by atoms with Crippen molar-refractivity contribution in [2.24, 2.45) is 5.41 Å². The van der Waals surface area contributed by atoms with Gasteiger partial charge in [0.2, 0.25) is 5.91 Å². The van der Waals surface area contributed by atoms with Crippen LogP contribution in [0.2, 0.25) is 0 Å². The molecule has 0 aromatic heterocycles. The van der Waals surface area contributed by atoms with Crippen molar-refractivity contribution in [3.05, 3.63) is 23.8 Å². The second kappa shape index (κ2) is 4.06. The molecule has 1 spiro atoms. The second-order valence-electron chi connectivity index (χ2n) is 5.16. The number of nitrogens with zero attached hydrogens (tertiary/aromatic N) is 1. The summed E-state index contributed by atoms with van der Waals surface area (Å²) in [5, 5.41) is 2.25. The van der Waals surface area contributed by atoms with E-state index in [0.717, 1.165) is 10.5 Å². The van der Waals surface area contributed by atoms with E-state index in [0.29, 0.717) is 24.3 Å². The Hall–Kier alpha value is -2.37. The first-order chi connectivity index (χ1) is 9.49. The molecule has 3 rings (SSSR count). The number of hydrogen-bond donors (Lipinski definition) is 1. The summed E-state index contributed by atoms with van der Waals surface area (Å²) in [6, 6.07) is 4.50. The van der Waals surface area contributed by atoms with Crippen molar-refractivity contribution < 1.29 is 19.1 Å². The van der Waals surface area contributed by atoms with Crippen LogP contribution < -0.4 is 15.0 Å². The largest absolute Gasteiger partial charge is 0.495 e. The zero-order valence-corrected chi connectivity index (χ0v) is 11.2. The van der Waals surface area contributed by atoms with Gasteiger partial charge in [-0.15, -0.1) is 0 Å². The first-order valence-corrected chi connectivity index (χ1v) is 6.34. The molecule has 2 aliphatic rings. The van der Waals surface area contributed by atoms with Crippen molar-refractivity contribution in [1.29, 1.82) is 0 Å². The minimum absolute atomic E-state index is 0.369. The Kier molecular flexibility index (Phi) is 2.57. The number of nitrogens with one attached hydrogen (secondary N) is 1. The van der Waals surface area contributed by atoms with Gasteiger partial charge in [0.05, 0.1) is 12.8 Å². The van der Waals surface area contributed by atoms with Gasteiger partial charge in [-0.25, -0.2) is 9.69 Å². The number of hydrogen-bond acceptors (Lipinski definition) is 4. The Morgan fingerprint density at radius 3 is 2.55 bits per heavy atom. The van der Waals surface area contributed by atoms with Crippen LogP contribution in [-0.2, 0) is 9.59 Å². The van der Waals surface area contributed by atoms with Gasteiger partial charge in [-0.2, -0.15) is 0 Å². The van der Waals surface area contributed by atoms with Gasteiger partial charge in [0.25, 0.3) is 5.91 Å². The van der Waals surface area contributed by atoms with E-state index in [1.54, 1.807) is 12.1 Å². The van der Waals surface area contributed by atoms with Crippen molar-refractivity contribution >= 4 is 23.5 Å². The predicted molar refractivity (Wildman–Crippen MR) is 70.4 cm³/mol. The highest BCUT2D eigenvalue weighted by Crippen LogP contribution is 2.50. The number of rotatable bonds is 2. The average molecular weight is 274 g/mol. The van der Waals surface area contributed by atoms with Crippen LogP contribution in [0, 0.1) is 12.3 Å². The molecule has 1 aromatic carbocycles. The van der Waals surface area contributed by atoms with Crippen LogP contribution in [-0.4, -0.2) is 25.0 Å². The topological polar surface area (TPSA) is 75.7 Å². The van der Waals surface area contributed by atoms with E-state index in [2.05, 4.69) is 5.32 Å². The maximum atomic E-state index is 12.5. The van der Waals surface area contributed by atoms with Crippen LogP contribution in [0.5, 0.6) is 5.75 Å². The number of ether oxygens (including phenoxy) is 1. The Balaban J connectivity index is 2.09. The summed E-state index contributed by atoms with van der Waals surface area (Å²) in [5.74, 6) is -0.533. The predicted octanol–water partition coefficient (Wildman–Crippen LogP) is 1.37. The van der Waals surface area contributed by atoms with Crippen molar-refractivity contribution in [3.63, 3.8) is 0 Å². The van der Waals surface area contributed by atoms with E-state index in [1.165, 1.54) is 7.11 Å². The highest BCUT2D eigenvalue weighted by Gasteiger charge is 2.62. The minimum atomic E-state index is -1.05. The number of barbiturate groups is 1. The summed E-state index contributed by atoms with van der Waals surface area (Å²) < 4.78 is 5.21. The molecule has 1 saturated heterocycles. The van der Waals surface area contributed by atoms with Gasteiger partial charge in [0.1, 0.15) is 11.2 Å². The molecule has 6 nitrogen and oxygen atoms in total. The third kappa shape index (κ3) is 1.61. The number of methoxy groups -OCH3 is 1. The Labute approximate surface area is 115 Å². The fraction of sp³-hybridized carbons (Fsp3) is 0.357. The molecule has 6 heteroatoms. The van der Waals surface area contributed by atoms with Gasteiger partial charge >= 0.3 is 6.03 Å². The fourth-order valence-corrected chi connectivity index (χ4v) is 2.44. The maximum absolute atomic E-state index is 12.5. The summed E-state index contributed by atoms with van der Waals surface area (Å²) in [4.78, 5) is 37.3. The first kappa shape index (κ1) is 12.7. The lowest BCUT2D eigenvalue weighted by molar-refractivity contribution is -0.136. The molecule has 0 radical (unpaired) electrons. The molecule has 0 atom stereocenters. The Morgan fingerprint density at radius 2 is 1.95 bits per heavy atom. The maximum Gasteiger partial charge on any atom is 0.335 e. The van der Waals surface area contributed by atoms with Gasteiger partial charge in [-0.1, -0.05) is 6.07 Å². The quantitative estimate of drug-likeness (QED) is 0.826. The number of carbonyl (C=O) groups excluding carboxylic acids is 3. The Bertz CT molecular complexity index is 634. The smallest absolute Gasteiger partial charge is 0.335 e. The monoisotopic (exact) mass is 274 g/mol. The van der Waals surface area contributed by atoms with Crippen LogP contribution in [0.3, 0.4) is 0 Å². The van der Waals surface area contributed by atoms with E-state index >= 15 is 0 Å². The Morgan fingerprint density at radius 1 is 1.25 bits per heavy atom. The molecular weight excluding hydrogens is 260 g/mol. The molecule has 4 amide bonds. The summed E-state index contributed by atoms with van der Waals surface area (Å²) in [6.07, 6.45) is 0.963. The lowest BCUT2D eigenvalue weighted by atomic mass is 10.0. The van der Waals surface area contributed by atoms with E-state index in [4.69, 9.17) is 4.74 Å². The highest BCUT2D eigenvalue weighted by molar-refractivity contribution is 6.31. The first-order valence-electron chi connectivity index (χ1n) is 6.34. The van der Waals surface area contributed by atoms with Crippen molar-refractivity contribution in [2.75, 3.05) is 12.0 Å². The summed E-state index contributed by atoms with van der Waals surface area (Å²) in [7, 11) is 1.47. The van der Waals surface area contributed by atoms with Gasteiger partial charge in [-0.3, -0.25) is 14.9 Å². The summed E-state index contributed by atoms with van der Waals surface area (Å²) in [6.45, 7) is 1.85. The molecule has 0 bridgehead atoms. The van der Waals surface area contributed by atoms with Crippen LogP contribution in [0.4, 0.5) is 10.5 Å². The molecule has 1 aliphatic carbocycles. The van der Waals surface area contributed by atoms with E-state index in [-0.39, 0.29) is 0 Å². The molecule has 1 aromatic rings. The van der Waals surface area contributed by atoms with Crippen molar-refractivity contribution in [2.45, 2.75) is 19.8 Å². The molecule has 1 aliphatic heterocycles. The second-order valence-corrected chi connectivity index (χ2v) is 5.16. The zero-order valence-electron chi connectivity index (χ0n) is 11.2. The SMILES string of the molecule is COc1ccc(C)cc1N1C(=O)NC(=O)C2(CC2)C1=O. The van der Waals surface area contributed by atoms with Gasteiger partial charge in [-0.05, 0) is 37.5 Å². The molecule has 1 N–H and O–H groups in total. The average Bonchev–Trinajstić information content (AvgIpc) is 3.19. The van der Waals surface area contributed by atoms with Crippen LogP contribution in [0.25, 0.3) is 0 Å². The third-order valence-electron chi connectivity index (χ3n) is 3.80. The van der Waals surface area contributed by atoms with Crippen LogP contribution in [0.15, 0.2) is 18.2 Å². The zero-order chi connectivity index (χ0) is 14.5. The molecule has 1 saturated carbocycles. The standard InChI is InChI=1S/C14H14N2O4/c1-8-3-4-10(20-2)9(7-8)16-12(18)14(5-6-14)11(17)15-13(16)19/h3-4,7H,5-6H2,1-2H3,(H,15,17,19). The summed E-state index contributed by atoms with van der Waals surface area (Å²) in [5.41, 5.74) is 0.208. The molecular formula is C14H14N2O4. The number of carbonyl (C=O) groups is 3. The summed E-state index contributed by atoms with van der Waals surface area (Å²) >= 11 is 0. The van der Waals surface area contributed by atoms with E-state index in [1.807, 2.05) is 13.0 Å². The number of amides is 4. The van der Waals surface area contributed by atoms with Crippen molar-refractivity contribution in [1.82, 2.24) is 5.32 Å². The number of anilines is 1. The van der Waals surface area contributed by atoms with Crippen molar-refractivity contribution in [3.8, 4) is 5.75 Å². The van der Waals surface area contributed by atoms with Crippen LogP contribution in [0.1, 0.15) is 18.4 Å². The minimum Gasteiger partial charge on any atom is -0.495 e. The lowest BCUT2D eigenvalue weighted by Gasteiger charge is -2.31. The highest BCUT2D eigenvalue weighted by atomic mass is 16.5. The molecule has 20 heavy (non-hydrogen) atoms. The number of benzene rings is 1. The number of imide groups is 2. The lowest BCUT2D eigenvalue weighted by Crippen LogP contribution is -2.59. The van der Waals surface area contributed by atoms with Gasteiger partial charge in [0, 0.05) is 0 Å². The van der Waals surface area contributed by atoms with E-state index < -0.39 is 23.3 Å². The molecule has 104 valence electrons.